The van der Waals surface area contributed by atoms with E-state index in [9.17, 15) is 4.79 Å². The third kappa shape index (κ3) is 4.72. The van der Waals surface area contributed by atoms with Crippen molar-refractivity contribution in [3.63, 3.8) is 0 Å². The third-order valence-electron chi connectivity index (χ3n) is 4.27. The molecule has 4 N–H and O–H groups in total. The summed E-state index contributed by atoms with van der Waals surface area (Å²) in [5.41, 5.74) is 3.77. The maximum absolute atomic E-state index is 12.5. The molecule has 6 nitrogen and oxygen atoms in total. The normalized spacial score (nSPS) is 10.3. The number of H-pyrrole nitrogens is 1. The molecule has 1 heterocycles. The molecular weight excluding hydrogens is 350 g/mol. The summed E-state index contributed by atoms with van der Waals surface area (Å²) in [6, 6.07) is 20.7. The molecule has 6 heteroatoms. The topological polar surface area (TPSA) is 105 Å². The Morgan fingerprint density at radius 3 is 2.61 bits per heavy atom. The molecule has 3 aromatic rings. The average molecular weight is 371 g/mol. The number of para-hydroxylation sites is 1. The number of aromatic nitrogens is 1. The minimum absolute atomic E-state index is 0.207. The Bertz CT molecular complexity index is 1080. The van der Waals surface area contributed by atoms with Gasteiger partial charge in [0.2, 0.25) is 0 Å². The third-order valence-corrected chi connectivity index (χ3v) is 4.27. The molecule has 0 atom stereocenters. The molecule has 0 aliphatic rings. The molecule has 0 saturated heterocycles. The monoisotopic (exact) mass is 371 g/mol. The molecule has 0 aliphatic heterocycles. The summed E-state index contributed by atoms with van der Waals surface area (Å²) in [4.78, 5) is 15.3. The molecule has 2 aromatic carbocycles. The summed E-state index contributed by atoms with van der Waals surface area (Å²) < 4.78 is 0. The standard InChI is InChI=1S/C22H21N5O/c1-15(24)20-11-18(14-25-13-17-7-5-6-16(10-17)12-23)22(28)27-21(20)26-19-8-3-2-4-9-19/h2-11,24-25H,13-14H2,1H3,(H2,26,27,28). The number of hydrogen-bond acceptors (Lipinski definition) is 5. The highest BCUT2D eigenvalue weighted by molar-refractivity contribution is 6.01. The highest BCUT2D eigenvalue weighted by atomic mass is 16.1. The molecule has 1 aromatic heterocycles. The van der Waals surface area contributed by atoms with E-state index in [0.717, 1.165) is 11.3 Å². The fourth-order valence-electron chi connectivity index (χ4n) is 2.86. The van der Waals surface area contributed by atoms with E-state index >= 15 is 0 Å². The highest BCUT2D eigenvalue weighted by Gasteiger charge is 2.11. The molecule has 28 heavy (non-hydrogen) atoms. The fourth-order valence-corrected chi connectivity index (χ4v) is 2.86. The minimum Gasteiger partial charge on any atom is -0.341 e. The van der Waals surface area contributed by atoms with Gasteiger partial charge in [-0.2, -0.15) is 5.26 Å². The van der Waals surface area contributed by atoms with Gasteiger partial charge in [-0.25, -0.2) is 0 Å². The van der Waals surface area contributed by atoms with Crippen LogP contribution in [0.3, 0.4) is 0 Å². The van der Waals surface area contributed by atoms with Crippen LogP contribution in [0.4, 0.5) is 11.5 Å². The number of anilines is 2. The molecule has 140 valence electrons. The van der Waals surface area contributed by atoms with E-state index in [-0.39, 0.29) is 5.56 Å². The van der Waals surface area contributed by atoms with E-state index in [0.29, 0.717) is 41.3 Å². The lowest BCUT2D eigenvalue weighted by Crippen LogP contribution is -2.23. The second kappa shape index (κ2) is 8.80. The van der Waals surface area contributed by atoms with E-state index < -0.39 is 0 Å². The van der Waals surface area contributed by atoms with Gasteiger partial charge in [0.1, 0.15) is 5.82 Å². The number of pyridine rings is 1. The predicted octanol–water partition coefficient (Wildman–Crippen LogP) is 3.67. The smallest absolute Gasteiger partial charge is 0.254 e. The number of benzene rings is 2. The Hall–Kier alpha value is -3.69. The molecule has 0 spiro atoms. The van der Waals surface area contributed by atoms with Crippen molar-refractivity contribution >= 4 is 17.2 Å². The van der Waals surface area contributed by atoms with Crippen LogP contribution in [-0.4, -0.2) is 10.7 Å². The van der Waals surface area contributed by atoms with E-state index in [2.05, 4.69) is 21.7 Å². The zero-order valence-electron chi connectivity index (χ0n) is 15.5. The Balaban J connectivity index is 1.76. The molecule has 0 saturated carbocycles. The van der Waals surface area contributed by atoms with Gasteiger partial charge in [0.25, 0.3) is 5.56 Å². The second-order valence-electron chi connectivity index (χ2n) is 6.44. The molecule has 0 bridgehead atoms. The van der Waals surface area contributed by atoms with E-state index in [1.165, 1.54) is 0 Å². The van der Waals surface area contributed by atoms with Crippen molar-refractivity contribution in [2.24, 2.45) is 0 Å². The Kier molecular flexibility index (Phi) is 6.00. The summed E-state index contributed by atoms with van der Waals surface area (Å²) in [6.07, 6.45) is 0. The second-order valence-corrected chi connectivity index (χ2v) is 6.44. The first-order chi connectivity index (χ1) is 13.6. The number of aromatic amines is 1. The summed E-state index contributed by atoms with van der Waals surface area (Å²) in [5, 5.41) is 23.4. The zero-order chi connectivity index (χ0) is 19.9. The van der Waals surface area contributed by atoms with Crippen LogP contribution < -0.4 is 16.2 Å². The quantitative estimate of drug-likeness (QED) is 0.476. The van der Waals surface area contributed by atoms with Crippen molar-refractivity contribution < 1.29 is 0 Å². The maximum Gasteiger partial charge on any atom is 0.254 e. The van der Waals surface area contributed by atoms with Gasteiger partial charge in [-0.1, -0.05) is 30.3 Å². The maximum atomic E-state index is 12.5. The van der Waals surface area contributed by atoms with Crippen molar-refractivity contribution in [2.45, 2.75) is 20.0 Å². The van der Waals surface area contributed by atoms with Crippen LogP contribution >= 0.6 is 0 Å². The van der Waals surface area contributed by atoms with Gasteiger partial charge in [-0.05, 0) is 42.8 Å². The summed E-state index contributed by atoms with van der Waals surface area (Å²) in [6.45, 7) is 2.59. The first-order valence-electron chi connectivity index (χ1n) is 8.90. The lowest BCUT2D eigenvalue weighted by molar-refractivity contribution is 0.687. The van der Waals surface area contributed by atoms with Crippen LogP contribution in [0.5, 0.6) is 0 Å². The van der Waals surface area contributed by atoms with Crippen LogP contribution in [0.25, 0.3) is 0 Å². The summed E-state index contributed by atoms with van der Waals surface area (Å²) in [5.74, 6) is 0.508. The lowest BCUT2D eigenvalue weighted by Gasteiger charge is -2.13. The zero-order valence-corrected chi connectivity index (χ0v) is 15.5. The van der Waals surface area contributed by atoms with Crippen LogP contribution in [0.1, 0.15) is 29.2 Å². The Morgan fingerprint density at radius 1 is 1.11 bits per heavy atom. The van der Waals surface area contributed by atoms with Gasteiger partial charge in [0.15, 0.2) is 0 Å². The number of hydrogen-bond donors (Lipinski definition) is 4. The highest BCUT2D eigenvalue weighted by Crippen LogP contribution is 2.18. The van der Waals surface area contributed by atoms with Crippen LogP contribution in [0.2, 0.25) is 0 Å². The summed E-state index contributed by atoms with van der Waals surface area (Å²) >= 11 is 0. The van der Waals surface area contributed by atoms with E-state index in [4.69, 9.17) is 10.7 Å². The molecule has 0 aliphatic carbocycles. The predicted molar refractivity (Wildman–Crippen MR) is 111 cm³/mol. The largest absolute Gasteiger partial charge is 0.341 e. The molecule has 0 radical (unpaired) electrons. The van der Waals surface area contributed by atoms with Crippen LogP contribution in [0, 0.1) is 16.7 Å². The first-order valence-corrected chi connectivity index (χ1v) is 8.90. The van der Waals surface area contributed by atoms with Crippen molar-refractivity contribution in [3.05, 3.63) is 93.3 Å². The number of rotatable bonds is 7. The van der Waals surface area contributed by atoms with Gasteiger partial charge >= 0.3 is 0 Å². The SMILES string of the molecule is CC(=N)c1cc(CNCc2cccc(C#N)c2)c(=O)[nH]c1Nc1ccccc1. The van der Waals surface area contributed by atoms with Gasteiger partial charge in [-0.15, -0.1) is 0 Å². The Morgan fingerprint density at radius 2 is 1.89 bits per heavy atom. The van der Waals surface area contributed by atoms with Gasteiger partial charge < -0.3 is 21.0 Å². The van der Waals surface area contributed by atoms with Crippen molar-refractivity contribution in [3.8, 4) is 6.07 Å². The number of nitriles is 1. The molecular formula is C22H21N5O. The molecule has 0 fully saturated rings. The molecule has 0 amide bonds. The van der Waals surface area contributed by atoms with Gasteiger partial charge in [0.05, 0.1) is 11.6 Å². The van der Waals surface area contributed by atoms with Gasteiger partial charge in [0, 0.05) is 35.6 Å². The molecule has 3 rings (SSSR count). The number of nitrogens with one attached hydrogen (secondary N) is 4. The van der Waals surface area contributed by atoms with Crippen molar-refractivity contribution in [1.82, 2.24) is 10.3 Å². The van der Waals surface area contributed by atoms with E-state index in [1.807, 2.05) is 48.5 Å². The fraction of sp³-hybridized carbons (Fsp3) is 0.136. The van der Waals surface area contributed by atoms with Crippen molar-refractivity contribution in [1.29, 1.82) is 10.7 Å². The van der Waals surface area contributed by atoms with Crippen LogP contribution in [0.15, 0.2) is 65.5 Å². The Labute approximate surface area is 163 Å². The lowest BCUT2D eigenvalue weighted by atomic mass is 10.1. The number of nitrogens with zero attached hydrogens (tertiary/aromatic N) is 1. The first kappa shape index (κ1) is 19.1. The summed E-state index contributed by atoms with van der Waals surface area (Å²) in [7, 11) is 0. The average Bonchev–Trinajstić information content (AvgIpc) is 2.70. The van der Waals surface area contributed by atoms with Crippen molar-refractivity contribution in [2.75, 3.05) is 5.32 Å². The molecule has 0 unspecified atom stereocenters. The minimum atomic E-state index is -0.207. The van der Waals surface area contributed by atoms with Crippen LogP contribution in [-0.2, 0) is 13.1 Å². The van der Waals surface area contributed by atoms with Gasteiger partial charge in [-0.3, -0.25) is 4.79 Å². The van der Waals surface area contributed by atoms with E-state index in [1.54, 1.807) is 19.1 Å².